The second-order valence-corrected chi connectivity index (χ2v) is 4.65. The summed E-state index contributed by atoms with van der Waals surface area (Å²) in [4.78, 5) is 10.2. The Morgan fingerprint density at radius 1 is 1.45 bits per heavy atom. The highest BCUT2D eigenvalue weighted by atomic mass is 19.1. The quantitative estimate of drug-likeness (QED) is 0.675. The lowest BCUT2D eigenvalue weighted by Gasteiger charge is -2.15. The number of nitro groups is 1. The van der Waals surface area contributed by atoms with Crippen LogP contribution in [0.2, 0.25) is 0 Å². The van der Waals surface area contributed by atoms with E-state index in [1.54, 1.807) is 0 Å². The highest BCUT2D eigenvalue weighted by molar-refractivity contribution is 5.35. The van der Waals surface area contributed by atoms with E-state index in [0.717, 1.165) is 11.8 Å². The first-order valence-corrected chi connectivity index (χ1v) is 6.27. The fourth-order valence-electron chi connectivity index (χ4n) is 2.14. The van der Waals surface area contributed by atoms with Gasteiger partial charge in [-0.2, -0.15) is 0 Å². The fraction of sp³-hybridized carbons (Fsp3) is 0.286. The smallest absolute Gasteiger partial charge is 0.272 e. The van der Waals surface area contributed by atoms with E-state index in [9.17, 15) is 14.5 Å². The van der Waals surface area contributed by atoms with E-state index in [0.29, 0.717) is 12.1 Å². The van der Waals surface area contributed by atoms with Crippen molar-refractivity contribution in [3.8, 4) is 0 Å². The molecule has 106 valence electrons. The SMILES string of the molecule is CNC(C)c1cccn1Cc1cc(F)cc([N+](=O)[O-])c1. The van der Waals surface area contributed by atoms with Crippen molar-refractivity contribution in [1.29, 1.82) is 0 Å². The highest BCUT2D eigenvalue weighted by Crippen LogP contribution is 2.19. The second kappa shape index (κ2) is 5.83. The topological polar surface area (TPSA) is 60.1 Å². The summed E-state index contributed by atoms with van der Waals surface area (Å²) in [5.41, 5.74) is 1.38. The predicted octanol–water partition coefficient (Wildman–Crippen LogP) is 2.86. The summed E-state index contributed by atoms with van der Waals surface area (Å²) in [7, 11) is 1.86. The van der Waals surface area contributed by atoms with Crippen molar-refractivity contribution in [1.82, 2.24) is 9.88 Å². The molecular weight excluding hydrogens is 261 g/mol. The molecule has 0 radical (unpaired) electrons. The molecule has 20 heavy (non-hydrogen) atoms. The number of nitrogens with one attached hydrogen (secondary N) is 1. The second-order valence-electron chi connectivity index (χ2n) is 4.65. The molecule has 6 heteroatoms. The number of nitrogens with zero attached hydrogens (tertiary/aromatic N) is 2. The van der Waals surface area contributed by atoms with E-state index in [-0.39, 0.29) is 11.7 Å². The van der Waals surface area contributed by atoms with Crippen LogP contribution in [-0.2, 0) is 6.54 Å². The van der Waals surface area contributed by atoms with Gasteiger partial charge in [0.2, 0.25) is 0 Å². The molecule has 1 unspecified atom stereocenters. The lowest BCUT2D eigenvalue weighted by molar-refractivity contribution is -0.385. The molecule has 1 heterocycles. The molecule has 0 saturated carbocycles. The Bertz CT molecular complexity index is 625. The standard InChI is InChI=1S/C14H16FN3O2/c1-10(16-2)14-4-3-5-17(14)9-11-6-12(15)8-13(7-11)18(19)20/h3-8,10,16H,9H2,1-2H3. The maximum atomic E-state index is 13.4. The molecule has 1 aromatic carbocycles. The zero-order chi connectivity index (χ0) is 14.7. The average molecular weight is 277 g/mol. The van der Waals surface area contributed by atoms with Gasteiger partial charge in [0.05, 0.1) is 11.0 Å². The van der Waals surface area contributed by atoms with Gasteiger partial charge in [0.25, 0.3) is 5.69 Å². The Morgan fingerprint density at radius 2 is 2.20 bits per heavy atom. The summed E-state index contributed by atoms with van der Waals surface area (Å²) in [5.74, 6) is -0.593. The summed E-state index contributed by atoms with van der Waals surface area (Å²) in [6.07, 6.45) is 1.87. The maximum Gasteiger partial charge on any atom is 0.272 e. The molecule has 5 nitrogen and oxygen atoms in total. The van der Waals surface area contributed by atoms with E-state index < -0.39 is 10.7 Å². The van der Waals surface area contributed by atoms with Crippen LogP contribution in [0, 0.1) is 15.9 Å². The number of benzene rings is 1. The summed E-state index contributed by atoms with van der Waals surface area (Å²) in [6, 6.07) is 7.66. The van der Waals surface area contributed by atoms with Crippen LogP contribution < -0.4 is 5.32 Å². The lowest BCUT2D eigenvalue weighted by atomic mass is 10.1. The van der Waals surface area contributed by atoms with Gasteiger partial charge in [-0.1, -0.05) is 0 Å². The molecule has 0 amide bonds. The summed E-state index contributed by atoms with van der Waals surface area (Å²) >= 11 is 0. The summed E-state index contributed by atoms with van der Waals surface area (Å²) in [5, 5.41) is 13.9. The van der Waals surface area contributed by atoms with Gasteiger partial charge in [-0.15, -0.1) is 0 Å². The number of rotatable bonds is 5. The van der Waals surface area contributed by atoms with Crippen LogP contribution in [0.1, 0.15) is 24.2 Å². The first kappa shape index (κ1) is 14.2. The molecule has 0 saturated heterocycles. The number of non-ortho nitro benzene ring substituents is 1. The van der Waals surface area contributed by atoms with Gasteiger partial charge in [-0.25, -0.2) is 4.39 Å². The maximum absolute atomic E-state index is 13.4. The highest BCUT2D eigenvalue weighted by Gasteiger charge is 2.12. The Labute approximate surface area is 116 Å². The summed E-state index contributed by atoms with van der Waals surface area (Å²) < 4.78 is 15.4. The minimum absolute atomic E-state index is 0.147. The van der Waals surface area contributed by atoms with Gasteiger partial charge in [0, 0.05) is 30.5 Å². The van der Waals surface area contributed by atoms with Crippen LogP contribution in [0.15, 0.2) is 36.5 Å². The minimum Gasteiger partial charge on any atom is -0.346 e. The first-order chi connectivity index (χ1) is 9.51. The number of hydrogen-bond donors (Lipinski definition) is 1. The Morgan fingerprint density at radius 3 is 2.85 bits per heavy atom. The molecular formula is C14H16FN3O2. The third-order valence-corrected chi connectivity index (χ3v) is 3.25. The molecule has 1 N–H and O–H groups in total. The van der Waals surface area contributed by atoms with E-state index in [1.165, 1.54) is 12.1 Å². The lowest BCUT2D eigenvalue weighted by Crippen LogP contribution is -2.17. The van der Waals surface area contributed by atoms with Crippen molar-refractivity contribution < 1.29 is 9.31 Å². The van der Waals surface area contributed by atoms with Crippen LogP contribution in [0.5, 0.6) is 0 Å². The summed E-state index contributed by atoms with van der Waals surface area (Å²) in [6.45, 7) is 2.41. The Kier molecular flexibility index (Phi) is 4.14. The van der Waals surface area contributed by atoms with Crippen LogP contribution in [0.25, 0.3) is 0 Å². The first-order valence-electron chi connectivity index (χ1n) is 6.27. The molecule has 1 aromatic heterocycles. The zero-order valence-corrected chi connectivity index (χ0v) is 11.3. The molecule has 0 spiro atoms. The molecule has 0 bridgehead atoms. The van der Waals surface area contributed by atoms with Crippen LogP contribution in [-0.4, -0.2) is 16.5 Å². The van der Waals surface area contributed by atoms with Gasteiger partial charge in [0.15, 0.2) is 0 Å². The van der Waals surface area contributed by atoms with Crippen LogP contribution >= 0.6 is 0 Å². The van der Waals surface area contributed by atoms with Crippen LogP contribution in [0.4, 0.5) is 10.1 Å². The minimum atomic E-state index is -0.593. The Balaban J connectivity index is 2.31. The van der Waals surface area contributed by atoms with E-state index >= 15 is 0 Å². The molecule has 0 aliphatic rings. The van der Waals surface area contributed by atoms with Crippen molar-refractivity contribution in [2.45, 2.75) is 19.5 Å². The van der Waals surface area contributed by atoms with Crippen molar-refractivity contribution in [2.75, 3.05) is 7.05 Å². The van der Waals surface area contributed by atoms with Crippen molar-refractivity contribution in [3.05, 3.63) is 63.7 Å². The third-order valence-electron chi connectivity index (χ3n) is 3.25. The van der Waals surface area contributed by atoms with Crippen molar-refractivity contribution in [3.63, 3.8) is 0 Å². The van der Waals surface area contributed by atoms with E-state index in [1.807, 2.05) is 36.9 Å². The van der Waals surface area contributed by atoms with Crippen LogP contribution in [0.3, 0.4) is 0 Å². The Hall–Kier alpha value is -2.21. The van der Waals surface area contributed by atoms with Gasteiger partial charge >= 0.3 is 0 Å². The third kappa shape index (κ3) is 3.03. The number of hydrogen-bond acceptors (Lipinski definition) is 3. The number of nitro benzene ring substituents is 1. The van der Waals surface area contributed by atoms with E-state index in [2.05, 4.69) is 5.32 Å². The van der Waals surface area contributed by atoms with Gasteiger partial charge in [-0.3, -0.25) is 10.1 Å². The number of halogens is 1. The molecule has 2 aromatic rings. The van der Waals surface area contributed by atoms with Gasteiger partial charge in [0.1, 0.15) is 5.82 Å². The molecule has 0 aliphatic carbocycles. The normalized spacial score (nSPS) is 12.3. The fourth-order valence-corrected chi connectivity index (χ4v) is 2.14. The zero-order valence-electron chi connectivity index (χ0n) is 11.3. The molecule has 1 atom stereocenters. The number of aromatic nitrogens is 1. The molecule has 2 rings (SSSR count). The van der Waals surface area contributed by atoms with E-state index in [4.69, 9.17) is 0 Å². The molecule has 0 aliphatic heterocycles. The van der Waals surface area contributed by atoms with Crippen molar-refractivity contribution >= 4 is 5.69 Å². The molecule has 0 fully saturated rings. The largest absolute Gasteiger partial charge is 0.346 e. The van der Waals surface area contributed by atoms with Gasteiger partial charge < -0.3 is 9.88 Å². The monoisotopic (exact) mass is 277 g/mol. The van der Waals surface area contributed by atoms with Crippen molar-refractivity contribution in [2.24, 2.45) is 0 Å². The average Bonchev–Trinajstić information content (AvgIpc) is 2.85. The van der Waals surface area contributed by atoms with Gasteiger partial charge in [-0.05, 0) is 37.7 Å². The predicted molar refractivity (Wildman–Crippen MR) is 74.1 cm³/mol.